The monoisotopic (exact) mass is 299 g/mol. The van der Waals surface area contributed by atoms with Crippen LogP contribution in [0, 0.1) is 13.8 Å². The maximum Gasteiger partial charge on any atom is 0.220 e. The van der Waals surface area contributed by atoms with Gasteiger partial charge in [0, 0.05) is 25.7 Å². The van der Waals surface area contributed by atoms with Crippen LogP contribution in [0.3, 0.4) is 0 Å². The molecule has 2 rings (SSSR count). The number of carbonyl (C=O) groups excluding carboxylic acids is 1. The van der Waals surface area contributed by atoms with Crippen LogP contribution >= 0.6 is 0 Å². The molecule has 1 aromatic heterocycles. The van der Waals surface area contributed by atoms with Crippen molar-refractivity contribution in [3.63, 3.8) is 0 Å². The minimum absolute atomic E-state index is 0.102. The lowest BCUT2D eigenvalue weighted by molar-refractivity contribution is -0.121. The van der Waals surface area contributed by atoms with Gasteiger partial charge in [-0.25, -0.2) is 0 Å². The van der Waals surface area contributed by atoms with Crippen LogP contribution in [-0.2, 0) is 18.3 Å². The van der Waals surface area contributed by atoms with Crippen LogP contribution < -0.4 is 5.32 Å². The fraction of sp³-hybridized carbons (Fsp3) is 0.444. The van der Waals surface area contributed by atoms with Crippen LogP contribution in [0.1, 0.15) is 41.8 Å². The molecule has 1 N–H and O–H groups in total. The van der Waals surface area contributed by atoms with E-state index < -0.39 is 0 Å². The second-order valence-electron chi connectivity index (χ2n) is 5.89. The van der Waals surface area contributed by atoms with Gasteiger partial charge in [-0.15, -0.1) is 0 Å². The molecule has 0 fully saturated rings. The Morgan fingerprint density at radius 1 is 1.27 bits per heavy atom. The van der Waals surface area contributed by atoms with Crippen molar-refractivity contribution in [1.29, 1.82) is 0 Å². The number of nitrogens with one attached hydrogen (secondary N) is 1. The van der Waals surface area contributed by atoms with E-state index in [1.165, 1.54) is 11.1 Å². The summed E-state index contributed by atoms with van der Waals surface area (Å²) in [4.78, 5) is 12.0. The van der Waals surface area contributed by atoms with E-state index in [4.69, 9.17) is 0 Å². The first kappa shape index (κ1) is 16.3. The standard InChI is InChI=1S/C18H25N3O/c1-13(16-8-6-5-7-9-16)12-19-18(22)11-10-17-14(2)20-21(4)15(17)3/h5-9,13H,10-12H2,1-4H3,(H,19,22). The van der Waals surface area contributed by atoms with Crippen molar-refractivity contribution in [1.82, 2.24) is 15.1 Å². The van der Waals surface area contributed by atoms with Crippen molar-refractivity contribution < 1.29 is 4.79 Å². The van der Waals surface area contributed by atoms with Crippen molar-refractivity contribution in [3.05, 3.63) is 52.8 Å². The lowest BCUT2D eigenvalue weighted by atomic mass is 10.0. The van der Waals surface area contributed by atoms with Gasteiger partial charge in [0.25, 0.3) is 0 Å². The molecular formula is C18H25N3O. The highest BCUT2D eigenvalue weighted by molar-refractivity contribution is 5.76. The minimum Gasteiger partial charge on any atom is -0.355 e. The summed E-state index contributed by atoms with van der Waals surface area (Å²) in [5.74, 6) is 0.428. The van der Waals surface area contributed by atoms with Gasteiger partial charge in [0.05, 0.1) is 5.69 Å². The first-order valence-electron chi connectivity index (χ1n) is 7.79. The molecule has 4 heteroatoms. The predicted molar refractivity (Wildman–Crippen MR) is 88.9 cm³/mol. The maximum atomic E-state index is 12.0. The average molecular weight is 299 g/mol. The predicted octanol–water partition coefficient (Wildman–Crippen LogP) is 2.89. The molecule has 22 heavy (non-hydrogen) atoms. The SMILES string of the molecule is Cc1nn(C)c(C)c1CCC(=O)NCC(C)c1ccccc1. The third kappa shape index (κ3) is 3.97. The minimum atomic E-state index is 0.102. The van der Waals surface area contributed by atoms with Gasteiger partial charge in [-0.2, -0.15) is 5.10 Å². The topological polar surface area (TPSA) is 46.9 Å². The quantitative estimate of drug-likeness (QED) is 0.891. The Hall–Kier alpha value is -2.10. The van der Waals surface area contributed by atoms with Gasteiger partial charge in [0.2, 0.25) is 5.91 Å². The summed E-state index contributed by atoms with van der Waals surface area (Å²) >= 11 is 0. The molecule has 4 nitrogen and oxygen atoms in total. The van der Waals surface area contributed by atoms with E-state index in [9.17, 15) is 4.79 Å². The third-order valence-corrected chi connectivity index (χ3v) is 4.23. The normalized spacial score (nSPS) is 12.2. The molecule has 0 aliphatic rings. The molecule has 1 aromatic carbocycles. The van der Waals surface area contributed by atoms with Gasteiger partial charge in [0.1, 0.15) is 0 Å². The molecule has 1 amide bonds. The molecule has 0 saturated heterocycles. The van der Waals surface area contributed by atoms with Gasteiger partial charge in [-0.1, -0.05) is 37.3 Å². The molecule has 0 radical (unpaired) electrons. The van der Waals surface area contributed by atoms with Crippen molar-refractivity contribution >= 4 is 5.91 Å². The lowest BCUT2D eigenvalue weighted by Crippen LogP contribution is -2.27. The van der Waals surface area contributed by atoms with Crippen molar-refractivity contribution in [2.24, 2.45) is 7.05 Å². The third-order valence-electron chi connectivity index (χ3n) is 4.23. The fourth-order valence-corrected chi connectivity index (χ4v) is 2.67. The molecule has 0 saturated carbocycles. The molecule has 1 unspecified atom stereocenters. The zero-order chi connectivity index (χ0) is 16.1. The summed E-state index contributed by atoms with van der Waals surface area (Å²) in [6.07, 6.45) is 1.26. The van der Waals surface area contributed by atoms with E-state index in [2.05, 4.69) is 29.5 Å². The Balaban J connectivity index is 1.81. The Kier molecular flexibility index (Phi) is 5.36. The van der Waals surface area contributed by atoms with Gasteiger partial charge in [-0.05, 0) is 37.3 Å². The molecule has 1 atom stereocenters. The summed E-state index contributed by atoms with van der Waals surface area (Å²) in [7, 11) is 1.94. The van der Waals surface area contributed by atoms with Gasteiger partial charge < -0.3 is 5.32 Å². The first-order chi connectivity index (χ1) is 10.5. The number of benzene rings is 1. The Morgan fingerprint density at radius 2 is 1.95 bits per heavy atom. The summed E-state index contributed by atoms with van der Waals surface area (Å²) in [5, 5.41) is 7.42. The molecule has 0 spiro atoms. The number of aromatic nitrogens is 2. The van der Waals surface area contributed by atoms with E-state index in [0.717, 1.165) is 17.8 Å². The molecule has 2 aromatic rings. The summed E-state index contributed by atoms with van der Waals surface area (Å²) < 4.78 is 1.88. The number of hydrogen-bond acceptors (Lipinski definition) is 2. The fourth-order valence-electron chi connectivity index (χ4n) is 2.67. The summed E-state index contributed by atoms with van der Waals surface area (Å²) in [6.45, 7) is 6.85. The first-order valence-corrected chi connectivity index (χ1v) is 7.79. The highest BCUT2D eigenvalue weighted by Crippen LogP contribution is 2.15. The van der Waals surface area contributed by atoms with Crippen molar-refractivity contribution in [3.8, 4) is 0 Å². The smallest absolute Gasteiger partial charge is 0.220 e. The Bertz CT molecular complexity index is 631. The second kappa shape index (κ2) is 7.25. The van der Waals surface area contributed by atoms with E-state index in [1.807, 2.05) is 43.8 Å². The number of carbonyl (C=O) groups is 1. The summed E-state index contributed by atoms with van der Waals surface area (Å²) in [6, 6.07) is 10.3. The zero-order valence-electron chi connectivity index (χ0n) is 13.9. The maximum absolute atomic E-state index is 12.0. The van der Waals surface area contributed by atoms with Crippen molar-refractivity contribution in [2.75, 3.05) is 6.54 Å². The molecule has 0 aliphatic heterocycles. The largest absolute Gasteiger partial charge is 0.355 e. The van der Waals surface area contributed by atoms with E-state index >= 15 is 0 Å². The van der Waals surface area contributed by atoms with Crippen LogP contribution in [0.5, 0.6) is 0 Å². The number of rotatable bonds is 6. The second-order valence-corrected chi connectivity index (χ2v) is 5.89. The average Bonchev–Trinajstić information content (AvgIpc) is 2.76. The van der Waals surface area contributed by atoms with Crippen LogP contribution in [0.25, 0.3) is 0 Å². The van der Waals surface area contributed by atoms with E-state index in [0.29, 0.717) is 18.9 Å². The number of nitrogens with zero attached hydrogens (tertiary/aromatic N) is 2. The van der Waals surface area contributed by atoms with Crippen LogP contribution in [0.4, 0.5) is 0 Å². The highest BCUT2D eigenvalue weighted by Gasteiger charge is 2.12. The number of amides is 1. The van der Waals surface area contributed by atoms with Crippen molar-refractivity contribution in [2.45, 2.75) is 39.5 Å². The number of hydrogen-bond donors (Lipinski definition) is 1. The summed E-state index contributed by atoms with van der Waals surface area (Å²) in [5.41, 5.74) is 4.60. The van der Waals surface area contributed by atoms with E-state index in [1.54, 1.807) is 0 Å². The van der Waals surface area contributed by atoms with Crippen LogP contribution in [0.2, 0.25) is 0 Å². The Labute approximate surface area is 132 Å². The molecule has 118 valence electrons. The van der Waals surface area contributed by atoms with Gasteiger partial charge >= 0.3 is 0 Å². The molecule has 0 aliphatic carbocycles. The lowest BCUT2D eigenvalue weighted by Gasteiger charge is -2.13. The van der Waals surface area contributed by atoms with Crippen LogP contribution in [0.15, 0.2) is 30.3 Å². The molecule has 1 heterocycles. The highest BCUT2D eigenvalue weighted by atomic mass is 16.1. The molecule has 0 bridgehead atoms. The van der Waals surface area contributed by atoms with Crippen LogP contribution in [-0.4, -0.2) is 22.2 Å². The number of aryl methyl sites for hydroxylation is 2. The van der Waals surface area contributed by atoms with E-state index in [-0.39, 0.29) is 5.91 Å². The zero-order valence-corrected chi connectivity index (χ0v) is 13.9. The molecular weight excluding hydrogens is 274 g/mol. The van der Waals surface area contributed by atoms with Gasteiger partial charge in [-0.3, -0.25) is 9.48 Å². The Morgan fingerprint density at radius 3 is 2.55 bits per heavy atom. The van der Waals surface area contributed by atoms with Gasteiger partial charge in [0.15, 0.2) is 0 Å².